The van der Waals surface area contributed by atoms with E-state index in [0.717, 1.165) is 0 Å². The maximum absolute atomic E-state index is 12.5. The molecular formula is C16H26N2O6P2. The van der Waals surface area contributed by atoms with Crippen LogP contribution in [0.1, 0.15) is 27.7 Å². The fourth-order valence-electron chi connectivity index (χ4n) is 2.26. The first-order valence-electron chi connectivity index (χ1n) is 8.43. The molecule has 2 saturated heterocycles. The normalized spacial score (nSPS) is 26.0. The van der Waals surface area contributed by atoms with E-state index in [1.165, 1.54) is 0 Å². The second-order valence-corrected chi connectivity index (χ2v) is 11.7. The predicted octanol–water partition coefficient (Wildman–Crippen LogP) is 4.87. The number of anilines is 2. The van der Waals surface area contributed by atoms with Crippen molar-refractivity contribution in [3.05, 3.63) is 24.3 Å². The van der Waals surface area contributed by atoms with Crippen molar-refractivity contribution < 1.29 is 27.2 Å². The average molecular weight is 404 g/mol. The first kappa shape index (κ1) is 19.9. The van der Waals surface area contributed by atoms with Gasteiger partial charge in [-0.15, -0.1) is 0 Å². The van der Waals surface area contributed by atoms with E-state index in [1.807, 2.05) is 27.7 Å². The summed E-state index contributed by atoms with van der Waals surface area (Å²) < 4.78 is 46.7. The lowest BCUT2D eigenvalue weighted by Crippen LogP contribution is -2.31. The third kappa shape index (κ3) is 5.10. The quantitative estimate of drug-likeness (QED) is 0.686. The lowest BCUT2D eigenvalue weighted by molar-refractivity contribution is 0.0435. The van der Waals surface area contributed by atoms with Gasteiger partial charge in [-0.2, -0.15) is 0 Å². The molecule has 0 radical (unpaired) electrons. The van der Waals surface area contributed by atoms with Crippen molar-refractivity contribution in [2.45, 2.75) is 27.7 Å². The molecule has 2 aliphatic heterocycles. The molecule has 8 nitrogen and oxygen atoms in total. The SMILES string of the molecule is CC1(C)COP(=O)(Nc2ccc(NP3(=O)OCC(C)(C)CO3)cc2)OC1. The van der Waals surface area contributed by atoms with Crippen molar-refractivity contribution >= 4 is 26.9 Å². The number of hydrogen-bond acceptors (Lipinski definition) is 6. The van der Waals surface area contributed by atoms with Gasteiger partial charge >= 0.3 is 15.5 Å². The second kappa shape index (κ2) is 6.93. The maximum Gasteiger partial charge on any atom is 0.432 e. The highest BCUT2D eigenvalue weighted by Crippen LogP contribution is 2.54. The van der Waals surface area contributed by atoms with Gasteiger partial charge in [-0.05, 0) is 24.3 Å². The van der Waals surface area contributed by atoms with Gasteiger partial charge in [0.1, 0.15) is 0 Å². The summed E-state index contributed by atoms with van der Waals surface area (Å²) in [6, 6.07) is 6.76. The number of benzene rings is 1. The average Bonchev–Trinajstić information content (AvgIpc) is 2.56. The van der Waals surface area contributed by atoms with E-state index in [1.54, 1.807) is 24.3 Å². The highest BCUT2D eigenvalue weighted by atomic mass is 31.2. The Morgan fingerprint density at radius 2 is 0.962 bits per heavy atom. The van der Waals surface area contributed by atoms with Crippen molar-refractivity contribution in [3.63, 3.8) is 0 Å². The number of rotatable bonds is 4. The molecule has 3 rings (SSSR count). The summed E-state index contributed by atoms with van der Waals surface area (Å²) in [5, 5.41) is 5.60. The van der Waals surface area contributed by atoms with Crippen LogP contribution < -0.4 is 10.2 Å². The lowest BCUT2D eigenvalue weighted by atomic mass is 9.97. The summed E-state index contributed by atoms with van der Waals surface area (Å²) >= 11 is 0. The highest BCUT2D eigenvalue weighted by molar-refractivity contribution is 7.55. The predicted molar refractivity (Wildman–Crippen MR) is 100 cm³/mol. The molecule has 2 N–H and O–H groups in total. The summed E-state index contributed by atoms with van der Waals surface area (Å²) in [5.41, 5.74) is 0.820. The van der Waals surface area contributed by atoms with E-state index in [9.17, 15) is 9.13 Å². The minimum Gasteiger partial charge on any atom is -0.293 e. The minimum absolute atomic E-state index is 0.163. The highest BCUT2D eigenvalue weighted by Gasteiger charge is 2.38. The van der Waals surface area contributed by atoms with Crippen LogP contribution in [0.2, 0.25) is 0 Å². The maximum atomic E-state index is 12.5. The van der Waals surface area contributed by atoms with Crippen molar-refractivity contribution in [2.24, 2.45) is 10.8 Å². The summed E-state index contributed by atoms with van der Waals surface area (Å²) in [6.07, 6.45) is 0. The topological polar surface area (TPSA) is 95.1 Å². The van der Waals surface area contributed by atoms with Gasteiger partial charge in [0.15, 0.2) is 0 Å². The molecule has 0 bridgehead atoms. The largest absolute Gasteiger partial charge is 0.432 e. The molecular weight excluding hydrogens is 378 g/mol. The zero-order valence-electron chi connectivity index (χ0n) is 15.5. The van der Waals surface area contributed by atoms with Crippen LogP contribution in [0, 0.1) is 10.8 Å². The van der Waals surface area contributed by atoms with Crippen molar-refractivity contribution in [3.8, 4) is 0 Å². The Morgan fingerprint density at radius 3 is 1.23 bits per heavy atom. The Morgan fingerprint density at radius 1 is 0.692 bits per heavy atom. The third-order valence-electron chi connectivity index (χ3n) is 3.92. The Hall–Kier alpha value is -0.880. The van der Waals surface area contributed by atoms with E-state index < -0.39 is 15.5 Å². The van der Waals surface area contributed by atoms with Crippen LogP contribution in [0.3, 0.4) is 0 Å². The standard InChI is InChI=1S/C16H26N2O6P2/c1-15(2)9-21-25(19,22-10-15)17-13-5-7-14(8-6-13)18-26(20)23-11-16(3,4)12-24-26/h5-8H,9-12H2,1-4H3,(H,17,19)(H,18,20). The van der Waals surface area contributed by atoms with E-state index in [-0.39, 0.29) is 10.8 Å². The molecule has 2 heterocycles. The molecule has 10 heteroatoms. The fraction of sp³-hybridized carbons (Fsp3) is 0.625. The summed E-state index contributed by atoms with van der Waals surface area (Å²) in [7, 11) is -6.74. The Balaban J connectivity index is 1.59. The van der Waals surface area contributed by atoms with E-state index in [4.69, 9.17) is 18.1 Å². The van der Waals surface area contributed by atoms with Gasteiger partial charge in [0, 0.05) is 22.2 Å². The van der Waals surface area contributed by atoms with Crippen LogP contribution in [0.15, 0.2) is 24.3 Å². The second-order valence-electron chi connectivity index (χ2n) is 8.22. The van der Waals surface area contributed by atoms with E-state index >= 15 is 0 Å². The minimum atomic E-state index is -3.37. The molecule has 0 aromatic heterocycles. The molecule has 0 unspecified atom stereocenters. The van der Waals surface area contributed by atoms with Crippen molar-refractivity contribution in [1.82, 2.24) is 0 Å². The summed E-state index contributed by atoms with van der Waals surface area (Å²) in [5.74, 6) is 0. The molecule has 0 amide bonds. The fourth-order valence-corrected chi connectivity index (χ4v) is 5.68. The number of nitrogens with one attached hydrogen (secondary N) is 2. The van der Waals surface area contributed by atoms with Gasteiger partial charge in [0.25, 0.3) is 0 Å². The molecule has 146 valence electrons. The molecule has 0 saturated carbocycles. The zero-order valence-corrected chi connectivity index (χ0v) is 17.3. The first-order chi connectivity index (χ1) is 12.0. The van der Waals surface area contributed by atoms with Crippen LogP contribution >= 0.6 is 15.5 Å². The van der Waals surface area contributed by atoms with Gasteiger partial charge in [-0.1, -0.05) is 27.7 Å². The molecule has 0 spiro atoms. The Labute approximate surface area is 154 Å². The van der Waals surface area contributed by atoms with Gasteiger partial charge in [-0.25, -0.2) is 9.13 Å². The molecule has 0 atom stereocenters. The first-order valence-corrected chi connectivity index (χ1v) is 11.5. The Bertz CT molecular complexity index is 659. The van der Waals surface area contributed by atoms with Gasteiger partial charge in [0.05, 0.1) is 26.4 Å². The molecule has 0 aliphatic carbocycles. The zero-order chi connectivity index (χ0) is 19.1. The molecule has 2 fully saturated rings. The van der Waals surface area contributed by atoms with Crippen LogP contribution in [0.25, 0.3) is 0 Å². The lowest BCUT2D eigenvalue weighted by Gasteiger charge is -2.34. The van der Waals surface area contributed by atoms with E-state index in [0.29, 0.717) is 37.8 Å². The molecule has 2 aliphatic rings. The third-order valence-corrected chi connectivity index (χ3v) is 6.86. The molecule has 1 aromatic carbocycles. The van der Waals surface area contributed by atoms with Crippen molar-refractivity contribution in [2.75, 3.05) is 36.6 Å². The number of hydrogen-bond donors (Lipinski definition) is 2. The Kier molecular flexibility index (Phi) is 5.30. The van der Waals surface area contributed by atoms with Crippen LogP contribution in [-0.4, -0.2) is 26.4 Å². The van der Waals surface area contributed by atoms with Crippen LogP contribution in [0.5, 0.6) is 0 Å². The van der Waals surface area contributed by atoms with Crippen LogP contribution in [-0.2, 0) is 27.2 Å². The van der Waals surface area contributed by atoms with Gasteiger partial charge in [-0.3, -0.25) is 28.3 Å². The smallest absolute Gasteiger partial charge is 0.293 e. The molecule has 26 heavy (non-hydrogen) atoms. The van der Waals surface area contributed by atoms with Gasteiger partial charge < -0.3 is 0 Å². The van der Waals surface area contributed by atoms with Crippen molar-refractivity contribution in [1.29, 1.82) is 0 Å². The van der Waals surface area contributed by atoms with Crippen LogP contribution in [0.4, 0.5) is 11.4 Å². The summed E-state index contributed by atoms with van der Waals surface area (Å²) in [6.45, 7) is 9.34. The monoisotopic (exact) mass is 404 g/mol. The van der Waals surface area contributed by atoms with E-state index in [2.05, 4.69) is 10.2 Å². The summed E-state index contributed by atoms with van der Waals surface area (Å²) in [4.78, 5) is 0. The van der Waals surface area contributed by atoms with Gasteiger partial charge in [0.2, 0.25) is 0 Å². The molecule has 1 aromatic rings.